The van der Waals surface area contributed by atoms with Crippen LogP contribution in [0.25, 0.3) is 0 Å². The van der Waals surface area contributed by atoms with Crippen LogP contribution in [0.1, 0.15) is 53.4 Å². The summed E-state index contributed by atoms with van der Waals surface area (Å²) in [4.78, 5) is 6.73. The summed E-state index contributed by atoms with van der Waals surface area (Å²) in [6, 6.07) is 0. The van der Waals surface area contributed by atoms with Crippen LogP contribution in [0.3, 0.4) is 0 Å². The predicted octanol–water partition coefficient (Wildman–Crippen LogP) is 2.86. The molecule has 0 aromatic heterocycles. The van der Waals surface area contributed by atoms with E-state index < -0.39 is 0 Å². The lowest BCUT2D eigenvalue weighted by Gasteiger charge is -2.31. The number of aliphatic imine (C=N–C) groups is 1. The summed E-state index contributed by atoms with van der Waals surface area (Å²) in [5.41, 5.74) is 6.43. The molecule has 0 aromatic rings. The third-order valence-electron chi connectivity index (χ3n) is 3.47. The number of hydrogen-bond donors (Lipinski definition) is 1. The van der Waals surface area contributed by atoms with Gasteiger partial charge >= 0.3 is 0 Å². The zero-order valence-electron chi connectivity index (χ0n) is 12.0. The highest BCUT2D eigenvalue weighted by atomic mass is 15.3. The zero-order valence-corrected chi connectivity index (χ0v) is 12.0. The van der Waals surface area contributed by atoms with Crippen molar-refractivity contribution in [2.75, 3.05) is 19.6 Å². The number of nitrogens with zero attached hydrogens (tertiary/aromatic N) is 2. The summed E-state index contributed by atoms with van der Waals surface area (Å²) in [6.45, 7) is 12.2. The van der Waals surface area contributed by atoms with Gasteiger partial charge in [0.2, 0.25) is 0 Å². The van der Waals surface area contributed by atoms with E-state index in [2.05, 4.69) is 37.6 Å². The molecule has 1 saturated heterocycles. The van der Waals surface area contributed by atoms with Crippen LogP contribution in [0, 0.1) is 11.3 Å². The second-order valence-corrected chi connectivity index (χ2v) is 6.57. The molecule has 0 spiro atoms. The minimum atomic E-state index is 0.408. The maximum Gasteiger partial charge on any atom is 0.191 e. The molecule has 2 N–H and O–H groups in total. The van der Waals surface area contributed by atoms with Gasteiger partial charge < -0.3 is 10.6 Å². The van der Waals surface area contributed by atoms with Crippen molar-refractivity contribution in [3.05, 3.63) is 0 Å². The van der Waals surface area contributed by atoms with Crippen molar-refractivity contribution in [1.82, 2.24) is 4.90 Å². The Kier molecular flexibility index (Phi) is 5.29. The monoisotopic (exact) mass is 239 g/mol. The molecule has 0 radical (unpaired) electrons. The lowest BCUT2D eigenvalue weighted by molar-refractivity contribution is 0.277. The Labute approximate surface area is 106 Å². The topological polar surface area (TPSA) is 41.6 Å². The van der Waals surface area contributed by atoms with Crippen molar-refractivity contribution in [2.24, 2.45) is 22.1 Å². The normalized spacial score (nSPS) is 19.8. The first-order valence-corrected chi connectivity index (χ1v) is 6.93. The molecule has 1 heterocycles. The van der Waals surface area contributed by atoms with Crippen LogP contribution in [0.15, 0.2) is 4.99 Å². The fraction of sp³-hybridized carbons (Fsp3) is 0.929. The molecular formula is C14H29N3. The van der Waals surface area contributed by atoms with Crippen molar-refractivity contribution >= 4 is 5.96 Å². The van der Waals surface area contributed by atoms with E-state index in [0.29, 0.717) is 5.41 Å². The van der Waals surface area contributed by atoms with E-state index in [1.54, 1.807) is 0 Å². The summed E-state index contributed by atoms with van der Waals surface area (Å²) < 4.78 is 0. The van der Waals surface area contributed by atoms with E-state index >= 15 is 0 Å². The van der Waals surface area contributed by atoms with Crippen LogP contribution in [0.2, 0.25) is 0 Å². The number of nitrogens with two attached hydrogens (primary N) is 1. The SMILES string of the molecule is CC1CCN(C(N)=NCCCC(C)(C)C)CC1. The van der Waals surface area contributed by atoms with Gasteiger partial charge in [-0.15, -0.1) is 0 Å². The van der Waals surface area contributed by atoms with Crippen LogP contribution in [0.5, 0.6) is 0 Å². The van der Waals surface area contributed by atoms with Gasteiger partial charge in [0.1, 0.15) is 0 Å². The molecule has 1 aliphatic rings. The van der Waals surface area contributed by atoms with Gasteiger partial charge in [-0.05, 0) is 37.0 Å². The molecule has 0 bridgehead atoms. The van der Waals surface area contributed by atoms with Gasteiger partial charge in [0, 0.05) is 19.6 Å². The smallest absolute Gasteiger partial charge is 0.191 e. The maximum atomic E-state index is 6.02. The number of likely N-dealkylation sites (tertiary alicyclic amines) is 1. The van der Waals surface area contributed by atoms with Gasteiger partial charge in [0.25, 0.3) is 0 Å². The lowest BCUT2D eigenvalue weighted by Crippen LogP contribution is -2.42. The van der Waals surface area contributed by atoms with Crippen LogP contribution >= 0.6 is 0 Å². The molecule has 0 amide bonds. The summed E-state index contributed by atoms with van der Waals surface area (Å²) in [7, 11) is 0. The van der Waals surface area contributed by atoms with Gasteiger partial charge in [0.05, 0.1) is 0 Å². The molecular weight excluding hydrogens is 210 g/mol. The van der Waals surface area contributed by atoms with Gasteiger partial charge in [-0.25, -0.2) is 0 Å². The maximum absolute atomic E-state index is 6.02. The minimum Gasteiger partial charge on any atom is -0.370 e. The summed E-state index contributed by atoms with van der Waals surface area (Å²) in [6.07, 6.45) is 4.84. The average molecular weight is 239 g/mol. The van der Waals surface area contributed by atoms with Gasteiger partial charge in [0.15, 0.2) is 5.96 Å². The van der Waals surface area contributed by atoms with Crippen LogP contribution in [-0.2, 0) is 0 Å². The molecule has 0 atom stereocenters. The summed E-state index contributed by atoms with van der Waals surface area (Å²) >= 11 is 0. The van der Waals surface area contributed by atoms with E-state index in [1.165, 1.54) is 19.3 Å². The fourth-order valence-corrected chi connectivity index (χ4v) is 2.14. The summed E-state index contributed by atoms with van der Waals surface area (Å²) in [5, 5.41) is 0. The van der Waals surface area contributed by atoms with E-state index in [9.17, 15) is 0 Å². The number of piperidine rings is 1. The predicted molar refractivity (Wildman–Crippen MR) is 75.1 cm³/mol. The highest BCUT2D eigenvalue weighted by Crippen LogP contribution is 2.20. The Hall–Kier alpha value is -0.730. The molecule has 1 rings (SSSR count). The largest absolute Gasteiger partial charge is 0.370 e. The van der Waals surface area contributed by atoms with Gasteiger partial charge in [-0.3, -0.25) is 4.99 Å². The first kappa shape index (κ1) is 14.3. The third kappa shape index (κ3) is 5.94. The molecule has 0 aromatic carbocycles. The van der Waals surface area contributed by atoms with Crippen LogP contribution < -0.4 is 5.73 Å². The zero-order chi connectivity index (χ0) is 12.9. The third-order valence-corrected chi connectivity index (χ3v) is 3.47. The van der Waals surface area contributed by atoms with Crippen molar-refractivity contribution in [3.8, 4) is 0 Å². The molecule has 0 saturated carbocycles. The van der Waals surface area contributed by atoms with Crippen LogP contribution in [0.4, 0.5) is 0 Å². The van der Waals surface area contributed by atoms with Crippen molar-refractivity contribution in [2.45, 2.75) is 53.4 Å². The van der Waals surface area contributed by atoms with Crippen LogP contribution in [-0.4, -0.2) is 30.5 Å². The lowest BCUT2D eigenvalue weighted by atomic mass is 9.91. The minimum absolute atomic E-state index is 0.408. The Morgan fingerprint density at radius 1 is 1.29 bits per heavy atom. The van der Waals surface area contributed by atoms with E-state index in [0.717, 1.165) is 37.9 Å². The number of hydrogen-bond acceptors (Lipinski definition) is 1. The second kappa shape index (κ2) is 6.27. The van der Waals surface area contributed by atoms with E-state index in [-0.39, 0.29) is 0 Å². The second-order valence-electron chi connectivity index (χ2n) is 6.57. The van der Waals surface area contributed by atoms with Crippen molar-refractivity contribution in [3.63, 3.8) is 0 Å². The van der Waals surface area contributed by atoms with Gasteiger partial charge in [-0.1, -0.05) is 27.7 Å². The van der Waals surface area contributed by atoms with Gasteiger partial charge in [-0.2, -0.15) is 0 Å². The molecule has 3 heteroatoms. The highest BCUT2D eigenvalue weighted by molar-refractivity contribution is 5.78. The summed E-state index contributed by atoms with van der Waals surface area (Å²) in [5.74, 6) is 1.60. The van der Waals surface area contributed by atoms with Crippen molar-refractivity contribution < 1.29 is 0 Å². The Morgan fingerprint density at radius 2 is 1.88 bits per heavy atom. The molecule has 0 aliphatic carbocycles. The molecule has 0 unspecified atom stereocenters. The highest BCUT2D eigenvalue weighted by Gasteiger charge is 2.16. The molecule has 3 nitrogen and oxygen atoms in total. The molecule has 1 fully saturated rings. The molecule has 1 aliphatic heterocycles. The standard InChI is InChI=1S/C14H29N3/c1-12-6-10-17(11-7-12)13(15)16-9-5-8-14(2,3)4/h12H,5-11H2,1-4H3,(H2,15,16). The fourth-order valence-electron chi connectivity index (χ4n) is 2.14. The number of guanidine groups is 1. The van der Waals surface area contributed by atoms with Crippen molar-refractivity contribution in [1.29, 1.82) is 0 Å². The van der Waals surface area contributed by atoms with E-state index in [1.807, 2.05) is 0 Å². The first-order chi connectivity index (χ1) is 7.88. The Bertz CT molecular complexity index is 245. The first-order valence-electron chi connectivity index (χ1n) is 6.93. The number of rotatable bonds is 3. The Morgan fingerprint density at radius 3 is 2.41 bits per heavy atom. The Balaban J connectivity index is 2.25. The van der Waals surface area contributed by atoms with E-state index in [4.69, 9.17) is 5.73 Å². The quantitative estimate of drug-likeness (QED) is 0.467. The molecule has 17 heavy (non-hydrogen) atoms. The average Bonchev–Trinajstić information content (AvgIpc) is 2.24. The molecule has 100 valence electrons.